The standard InChI is InChI=1S/C11H11FO/c12-11-6-1-3-8-7-9(13)4-2-5-10(8)11/h1,3,6H,2,4-5,7H2. The summed E-state index contributed by atoms with van der Waals surface area (Å²) in [5.41, 5.74) is 1.62. The largest absolute Gasteiger partial charge is 0.299 e. The van der Waals surface area contributed by atoms with E-state index in [1.165, 1.54) is 6.07 Å². The Kier molecular flexibility index (Phi) is 2.13. The highest BCUT2D eigenvalue weighted by atomic mass is 19.1. The first-order valence-corrected chi connectivity index (χ1v) is 4.55. The minimum absolute atomic E-state index is 0.160. The molecule has 0 saturated heterocycles. The second-order valence-electron chi connectivity index (χ2n) is 3.45. The Morgan fingerprint density at radius 2 is 2.08 bits per heavy atom. The Morgan fingerprint density at radius 1 is 1.23 bits per heavy atom. The van der Waals surface area contributed by atoms with E-state index in [9.17, 15) is 9.18 Å². The lowest BCUT2D eigenvalue weighted by molar-refractivity contribution is -0.118. The molecule has 0 N–H and O–H groups in total. The van der Waals surface area contributed by atoms with Gasteiger partial charge in [0.2, 0.25) is 0 Å². The summed E-state index contributed by atoms with van der Waals surface area (Å²) in [6, 6.07) is 4.99. The van der Waals surface area contributed by atoms with E-state index in [-0.39, 0.29) is 11.6 Å². The molecule has 0 atom stereocenters. The van der Waals surface area contributed by atoms with E-state index < -0.39 is 0 Å². The third kappa shape index (κ3) is 1.62. The Morgan fingerprint density at radius 3 is 2.92 bits per heavy atom. The Labute approximate surface area is 76.6 Å². The average molecular weight is 178 g/mol. The molecule has 0 radical (unpaired) electrons. The lowest BCUT2D eigenvalue weighted by Crippen LogP contribution is -2.00. The van der Waals surface area contributed by atoms with E-state index in [0.29, 0.717) is 19.3 Å². The van der Waals surface area contributed by atoms with E-state index in [1.807, 2.05) is 6.07 Å². The summed E-state index contributed by atoms with van der Waals surface area (Å²) in [5.74, 6) is 0.0663. The highest BCUT2D eigenvalue weighted by molar-refractivity contribution is 5.81. The van der Waals surface area contributed by atoms with Gasteiger partial charge in [0, 0.05) is 12.8 Å². The first kappa shape index (κ1) is 8.42. The molecule has 1 aromatic carbocycles. The number of fused-ring (bicyclic) bond motifs is 1. The van der Waals surface area contributed by atoms with Crippen molar-refractivity contribution in [2.75, 3.05) is 0 Å². The van der Waals surface area contributed by atoms with Crippen LogP contribution in [0.2, 0.25) is 0 Å². The van der Waals surface area contributed by atoms with Crippen molar-refractivity contribution in [1.82, 2.24) is 0 Å². The number of ketones is 1. The zero-order valence-corrected chi connectivity index (χ0v) is 7.35. The minimum Gasteiger partial charge on any atom is -0.299 e. The molecule has 0 fully saturated rings. The number of hydrogen-bond donors (Lipinski definition) is 0. The van der Waals surface area contributed by atoms with E-state index in [2.05, 4.69) is 0 Å². The summed E-state index contributed by atoms with van der Waals surface area (Å²) < 4.78 is 13.3. The van der Waals surface area contributed by atoms with Gasteiger partial charge in [-0.1, -0.05) is 12.1 Å². The SMILES string of the molecule is O=C1CCCc2c(F)cccc2C1. The van der Waals surface area contributed by atoms with Gasteiger partial charge in [0.1, 0.15) is 11.6 Å². The van der Waals surface area contributed by atoms with E-state index in [1.54, 1.807) is 6.07 Å². The maximum atomic E-state index is 13.3. The van der Waals surface area contributed by atoms with Crippen LogP contribution in [0.15, 0.2) is 18.2 Å². The molecule has 0 aromatic heterocycles. The zero-order valence-electron chi connectivity index (χ0n) is 7.35. The number of halogens is 1. The van der Waals surface area contributed by atoms with Gasteiger partial charge in [-0.15, -0.1) is 0 Å². The molecule has 0 bridgehead atoms. The number of Topliss-reactive ketones (excluding diaryl/α,β-unsaturated/α-hetero) is 1. The lowest BCUT2D eigenvalue weighted by Gasteiger charge is -2.04. The van der Waals surface area contributed by atoms with Gasteiger partial charge in [0.25, 0.3) is 0 Å². The van der Waals surface area contributed by atoms with Gasteiger partial charge in [-0.25, -0.2) is 4.39 Å². The van der Waals surface area contributed by atoms with Gasteiger partial charge < -0.3 is 0 Å². The number of rotatable bonds is 0. The highest BCUT2D eigenvalue weighted by Crippen LogP contribution is 2.21. The molecule has 0 amide bonds. The monoisotopic (exact) mass is 178 g/mol. The fourth-order valence-corrected chi connectivity index (χ4v) is 1.81. The van der Waals surface area contributed by atoms with Crippen LogP contribution in [0.5, 0.6) is 0 Å². The van der Waals surface area contributed by atoms with Crippen molar-refractivity contribution >= 4 is 5.78 Å². The smallest absolute Gasteiger partial charge is 0.137 e. The molecule has 68 valence electrons. The van der Waals surface area contributed by atoms with Crippen molar-refractivity contribution in [3.8, 4) is 0 Å². The third-order valence-electron chi connectivity index (χ3n) is 2.49. The molecular weight excluding hydrogens is 167 g/mol. The summed E-state index contributed by atoms with van der Waals surface area (Å²) in [4.78, 5) is 11.2. The molecule has 2 heteroatoms. The normalized spacial score (nSPS) is 16.5. The third-order valence-corrected chi connectivity index (χ3v) is 2.49. The molecule has 0 saturated carbocycles. The van der Waals surface area contributed by atoms with Gasteiger partial charge in [0.05, 0.1) is 0 Å². The van der Waals surface area contributed by atoms with Crippen molar-refractivity contribution in [3.63, 3.8) is 0 Å². The highest BCUT2D eigenvalue weighted by Gasteiger charge is 2.15. The molecule has 1 aliphatic rings. The van der Waals surface area contributed by atoms with E-state index in [0.717, 1.165) is 17.5 Å². The van der Waals surface area contributed by atoms with Crippen molar-refractivity contribution in [2.24, 2.45) is 0 Å². The predicted octanol–water partition coefficient (Wildman–Crippen LogP) is 2.27. The fraction of sp³-hybridized carbons (Fsp3) is 0.364. The Balaban J connectivity index is 2.45. The van der Waals surface area contributed by atoms with Gasteiger partial charge >= 0.3 is 0 Å². The number of hydrogen-bond acceptors (Lipinski definition) is 1. The lowest BCUT2D eigenvalue weighted by atomic mass is 10.0. The number of benzene rings is 1. The molecule has 0 spiro atoms. The van der Waals surface area contributed by atoms with Crippen LogP contribution >= 0.6 is 0 Å². The van der Waals surface area contributed by atoms with Gasteiger partial charge in [0.15, 0.2) is 0 Å². The van der Waals surface area contributed by atoms with Crippen LogP contribution in [0.1, 0.15) is 24.0 Å². The van der Waals surface area contributed by atoms with Crippen LogP contribution in [0.3, 0.4) is 0 Å². The van der Waals surface area contributed by atoms with Crippen LogP contribution in [0.4, 0.5) is 4.39 Å². The molecule has 13 heavy (non-hydrogen) atoms. The van der Waals surface area contributed by atoms with Crippen molar-refractivity contribution in [1.29, 1.82) is 0 Å². The summed E-state index contributed by atoms with van der Waals surface area (Å²) >= 11 is 0. The molecule has 2 rings (SSSR count). The van der Waals surface area contributed by atoms with Gasteiger partial charge in [-0.2, -0.15) is 0 Å². The Bertz CT molecular complexity index is 344. The molecule has 0 unspecified atom stereocenters. The minimum atomic E-state index is -0.160. The van der Waals surface area contributed by atoms with E-state index in [4.69, 9.17) is 0 Å². The number of carbonyl (C=O) groups is 1. The Hall–Kier alpha value is -1.18. The van der Waals surface area contributed by atoms with Crippen LogP contribution in [0.25, 0.3) is 0 Å². The molecule has 1 nitrogen and oxygen atoms in total. The maximum absolute atomic E-state index is 13.3. The summed E-state index contributed by atoms with van der Waals surface area (Å²) in [7, 11) is 0. The second-order valence-corrected chi connectivity index (χ2v) is 3.45. The van der Waals surface area contributed by atoms with Gasteiger partial charge in [-0.05, 0) is 30.0 Å². The fourth-order valence-electron chi connectivity index (χ4n) is 1.81. The second kappa shape index (κ2) is 3.29. The first-order chi connectivity index (χ1) is 6.27. The van der Waals surface area contributed by atoms with Crippen molar-refractivity contribution in [2.45, 2.75) is 25.7 Å². The molecule has 1 aliphatic carbocycles. The quantitative estimate of drug-likeness (QED) is 0.557. The average Bonchev–Trinajstić information content (AvgIpc) is 2.27. The first-order valence-electron chi connectivity index (χ1n) is 4.55. The number of carbonyl (C=O) groups excluding carboxylic acids is 1. The van der Waals surface area contributed by atoms with Crippen molar-refractivity contribution in [3.05, 3.63) is 35.1 Å². The summed E-state index contributed by atoms with van der Waals surface area (Å²) in [6.07, 6.45) is 2.49. The van der Waals surface area contributed by atoms with Crippen LogP contribution in [-0.2, 0) is 17.6 Å². The topological polar surface area (TPSA) is 17.1 Å². The summed E-state index contributed by atoms with van der Waals surface area (Å²) in [5, 5.41) is 0. The zero-order chi connectivity index (χ0) is 9.26. The molecular formula is C11H11FO. The van der Waals surface area contributed by atoms with Crippen molar-refractivity contribution < 1.29 is 9.18 Å². The van der Waals surface area contributed by atoms with Crippen LogP contribution in [-0.4, -0.2) is 5.78 Å². The van der Waals surface area contributed by atoms with Gasteiger partial charge in [-0.3, -0.25) is 4.79 Å². The van der Waals surface area contributed by atoms with Crippen LogP contribution < -0.4 is 0 Å². The predicted molar refractivity (Wildman–Crippen MR) is 48.0 cm³/mol. The molecule has 0 aliphatic heterocycles. The van der Waals surface area contributed by atoms with Crippen LogP contribution in [0, 0.1) is 5.82 Å². The van der Waals surface area contributed by atoms with E-state index >= 15 is 0 Å². The summed E-state index contributed by atoms with van der Waals surface area (Å²) in [6.45, 7) is 0. The molecule has 1 aromatic rings. The molecule has 0 heterocycles. The maximum Gasteiger partial charge on any atom is 0.137 e.